The summed E-state index contributed by atoms with van der Waals surface area (Å²) in [5.74, 6) is 0.0840. The summed E-state index contributed by atoms with van der Waals surface area (Å²) < 4.78 is 38.3. The van der Waals surface area contributed by atoms with Crippen LogP contribution in [0.15, 0.2) is 5.38 Å². The van der Waals surface area contributed by atoms with Crippen LogP contribution in [0.4, 0.5) is 18.3 Å². The molecule has 7 nitrogen and oxygen atoms in total. The molecule has 4 N–H and O–H groups in total. The van der Waals surface area contributed by atoms with E-state index in [2.05, 4.69) is 4.98 Å². The molecule has 0 saturated carbocycles. The van der Waals surface area contributed by atoms with E-state index in [1.165, 1.54) is 0 Å². The molecule has 0 spiro atoms. The Bertz CT molecular complexity index is 632. The number of anilines is 1. The number of alkyl halides is 3. The maximum atomic E-state index is 12.8. The number of β-amino-alcohol motifs (C(OH)–C–C–N with tert-alkyl or cyclic N) is 1. The summed E-state index contributed by atoms with van der Waals surface area (Å²) in [7, 11) is 0. The molecule has 0 aliphatic carbocycles. The van der Waals surface area contributed by atoms with E-state index in [0.717, 1.165) is 29.6 Å². The molecule has 3 rings (SSSR count). The van der Waals surface area contributed by atoms with E-state index < -0.39 is 36.2 Å². The van der Waals surface area contributed by atoms with Gasteiger partial charge in [-0.05, 0) is 18.8 Å². The van der Waals surface area contributed by atoms with E-state index in [1.807, 2.05) is 4.90 Å². The number of rotatable bonds is 4. The average molecular weight is 411 g/mol. The molecule has 3 heterocycles. The van der Waals surface area contributed by atoms with Crippen molar-refractivity contribution in [2.24, 2.45) is 5.92 Å². The van der Waals surface area contributed by atoms with Crippen LogP contribution in [-0.4, -0.2) is 87.4 Å². The molecule has 0 unspecified atom stereocenters. The van der Waals surface area contributed by atoms with Gasteiger partial charge in [0.25, 0.3) is 0 Å². The van der Waals surface area contributed by atoms with Crippen molar-refractivity contribution in [2.75, 3.05) is 37.7 Å². The summed E-state index contributed by atoms with van der Waals surface area (Å²) in [4.78, 5) is 7.28. The van der Waals surface area contributed by atoms with Gasteiger partial charge in [0.2, 0.25) is 0 Å². The molecule has 0 bridgehead atoms. The van der Waals surface area contributed by atoms with Crippen LogP contribution in [0.25, 0.3) is 0 Å². The summed E-state index contributed by atoms with van der Waals surface area (Å²) in [6.07, 6.45) is -6.51. The van der Waals surface area contributed by atoms with Crippen molar-refractivity contribution in [3.63, 3.8) is 0 Å². The van der Waals surface area contributed by atoms with Crippen molar-refractivity contribution in [1.29, 1.82) is 0 Å². The Labute approximate surface area is 158 Å². The highest BCUT2D eigenvalue weighted by molar-refractivity contribution is 7.13. The fraction of sp³-hybridized carbons (Fsp3) is 0.812. The Hall–Kier alpha value is -0.980. The topological polar surface area (TPSA) is 100 Å². The van der Waals surface area contributed by atoms with Crippen molar-refractivity contribution in [2.45, 2.75) is 43.4 Å². The highest BCUT2D eigenvalue weighted by Crippen LogP contribution is 2.34. The molecule has 1 aromatic rings. The van der Waals surface area contributed by atoms with Gasteiger partial charge in [-0.1, -0.05) is 0 Å². The van der Waals surface area contributed by atoms with E-state index in [-0.39, 0.29) is 19.1 Å². The number of aromatic nitrogens is 1. The van der Waals surface area contributed by atoms with Crippen molar-refractivity contribution < 1.29 is 33.6 Å². The molecular weight excluding hydrogens is 387 g/mol. The van der Waals surface area contributed by atoms with E-state index in [9.17, 15) is 33.6 Å². The molecule has 2 aliphatic rings. The number of nitrogens with zero attached hydrogens (tertiary/aromatic N) is 3. The number of hydrogen-bond acceptors (Lipinski definition) is 8. The molecule has 27 heavy (non-hydrogen) atoms. The van der Waals surface area contributed by atoms with Crippen LogP contribution in [0.1, 0.15) is 18.5 Å². The second-order valence-corrected chi connectivity index (χ2v) is 8.06. The second-order valence-electron chi connectivity index (χ2n) is 7.22. The van der Waals surface area contributed by atoms with Gasteiger partial charge >= 0.3 is 6.18 Å². The third kappa shape index (κ3) is 4.54. The highest BCUT2D eigenvalue weighted by atomic mass is 32.1. The Balaban J connectivity index is 1.65. The number of aliphatic hydroxyl groups is 4. The Morgan fingerprint density at radius 3 is 2.56 bits per heavy atom. The van der Waals surface area contributed by atoms with Crippen LogP contribution in [0, 0.1) is 5.92 Å². The van der Waals surface area contributed by atoms with Crippen LogP contribution in [-0.2, 0) is 6.18 Å². The molecule has 154 valence electrons. The fourth-order valence-electron chi connectivity index (χ4n) is 3.85. The third-order valence-electron chi connectivity index (χ3n) is 5.28. The van der Waals surface area contributed by atoms with Crippen LogP contribution in [0.3, 0.4) is 0 Å². The predicted molar refractivity (Wildman–Crippen MR) is 92.5 cm³/mol. The Morgan fingerprint density at radius 1 is 1.19 bits per heavy atom. The first-order valence-corrected chi connectivity index (χ1v) is 9.75. The number of thiazole rings is 1. The average Bonchev–Trinajstić information content (AvgIpc) is 3.11. The maximum absolute atomic E-state index is 12.8. The van der Waals surface area contributed by atoms with Crippen LogP contribution in [0.5, 0.6) is 0 Å². The van der Waals surface area contributed by atoms with E-state index in [1.54, 1.807) is 4.90 Å². The molecule has 2 saturated heterocycles. The van der Waals surface area contributed by atoms with Gasteiger partial charge in [-0.15, -0.1) is 11.3 Å². The minimum absolute atomic E-state index is 0.0840. The zero-order valence-corrected chi connectivity index (χ0v) is 15.4. The molecule has 0 radical (unpaired) electrons. The summed E-state index contributed by atoms with van der Waals surface area (Å²) in [5.41, 5.74) is -0.888. The third-order valence-corrected chi connectivity index (χ3v) is 6.18. The van der Waals surface area contributed by atoms with Gasteiger partial charge < -0.3 is 25.3 Å². The van der Waals surface area contributed by atoms with Crippen LogP contribution in [0.2, 0.25) is 0 Å². The minimum atomic E-state index is -4.46. The lowest BCUT2D eigenvalue weighted by atomic mass is 9.91. The number of hydrogen-bond donors (Lipinski definition) is 4. The van der Waals surface area contributed by atoms with E-state index in [4.69, 9.17) is 0 Å². The zero-order chi connectivity index (χ0) is 19.8. The largest absolute Gasteiger partial charge is 0.434 e. The monoisotopic (exact) mass is 411 g/mol. The van der Waals surface area contributed by atoms with Gasteiger partial charge in [0.1, 0.15) is 12.2 Å². The first kappa shape index (κ1) is 20.7. The lowest BCUT2D eigenvalue weighted by Gasteiger charge is -2.45. The summed E-state index contributed by atoms with van der Waals surface area (Å²) >= 11 is 0.965. The molecule has 2 aliphatic heterocycles. The number of piperidine rings is 2. The first-order chi connectivity index (χ1) is 12.7. The quantitative estimate of drug-likeness (QED) is 0.559. The van der Waals surface area contributed by atoms with Crippen molar-refractivity contribution in [3.8, 4) is 0 Å². The van der Waals surface area contributed by atoms with Gasteiger partial charge in [-0.2, -0.15) is 13.2 Å². The minimum Gasteiger partial charge on any atom is -0.395 e. The van der Waals surface area contributed by atoms with Gasteiger partial charge in [-0.25, -0.2) is 4.98 Å². The normalized spacial score (nSPS) is 33.4. The van der Waals surface area contributed by atoms with Gasteiger partial charge in [0.15, 0.2) is 10.8 Å². The van der Waals surface area contributed by atoms with Crippen molar-refractivity contribution in [3.05, 3.63) is 11.1 Å². The molecule has 5 atom stereocenters. The standard InChI is InChI=1S/C16H24F3N3O4S/c17-16(18,19)12-8-27-15(20-12)21-3-1-2-9(4-21)5-22-6-11(24)14(26)13(25)10(22)7-23/h8-11,13-14,23-26H,1-7H2/t9-,10-,11+,13-,14-/m1/s1. The van der Waals surface area contributed by atoms with Crippen molar-refractivity contribution >= 4 is 16.5 Å². The zero-order valence-electron chi connectivity index (χ0n) is 14.6. The summed E-state index contributed by atoms with van der Waals surface area (Å²) in [6, 6.07) is -0.685. The van der Waals surface area contributed by atoms with Gasteiger partial charge in [0, 0.05) is 31.6 Å². The van der Waals surface area contributed by atoms with Crippen LogP contribution < -0.4 is 4.90 Å². The fourth-order valence-corrected chi connectivity index (χ4v) is 4.72. The first-order valence-electron chi connectivity index (χ1n) is 8.87. The number of halogens is 3. The second kappa shape index (κ2) is 8.18. The number of likely N-dealkylation sites (tertiary alicyclic amines) is 1. The van der Waals surface area contributed by atoms with E-state index in [0.29, 0.717) is 24.8 Å². The van der Waals surface area contributed by atoms with Crippen molar-refractivity contribution in [1.82, 2.24) is 9.88 Å². The highest BCUT2D eigenvalue weighted by Gasteiger charge is 2.42. The molecule has 2 fully saturated rings. The predicted octanol–water partition coefficient (Wildman–Crippen LogP) is 0.137. The smallest absolute Gasteiger partial charge is 0.395 e. The van der Waals surface area contributed by atoms with Crippen LogP contribution >= 0.6 is 11.3 Å². The van der Waals surface area contributed by atoms with E-state index >= 15 is 0 Å². The molecule has 0 aromatic carbocycles. The summed E-state index contributed by atoms with van der Waals surface area (Å²) in [5, 5.41) is 40.7. The SMILES string of the molecule is OC[C@@H]1[C@@H](O)[C@H](O)[C@@H](O)CN1C[C@@H]1CCCN(c2nc(C(F)(F)F)cs2)C1. The number of aliphatic hydroxyl groups excluding tert-OH is 4. The lowest BCUT2D eigenvalue weighted by molar-refractivity contribution is -0.147. The Kier molecular flexibility index (Phi) is 6.28. The maximum Gasteiger partial charge on any atom is 0.434 e. The van der Waals surface area contributed by atoms with Gasteiger partial charge in [-0.3, -0.25) is 4.90 Å². The lowest BCUT2D eigenvalue weighted by Crippen LogP contribution is -2.63. The molecule has 11 heteroatoms. The van der Waals surface area contributed by atoms with Gasteiger partial charge in [0.05, 0.1) is 18.8 Å². The molecular formula is C16H24F3N3O4S. The molecule has 1 aromatic heterocycles. The summed E-state index contributed by atoms with van der Waals surface area (Å²) in [6.45, 7) is 1.35. The Morgan fingerprint density at radius 2 is 1.93 bits per heavy atom. The molecule has 0 amide bonds.